The van der Waals surface area contributed by atoms with Crippen molar-refractivity contribution in [3.05, 3.63) is 0 Å². The molecule has 0 bridgehead atoms. The summed E-state index contributed by atoms with van der Waals surface area (Å²) < 4.78 is 53.5. The molecule has 0 spiro atoms. The lowest BCUT2D eigenvalue weighted by Crippen LogP contribution is -2.60. The zero-order valence-electron chi connectivity index (χ0n) is 79.8. The molecule has 0 aromatic heterocycles. The van der Waals surface area contributed by atoms with Crippen molar-refractivity contribution in [2.24, 2.45) is 5.73 Å². The van der Waals surface area contributed by atoms with E-state index < -0.39 is 358 Å². The van der Waals surface area contributed by atoms with Crippen LogP contribution in [0, 0.1) is 0 Å². The van der Waals surface area contributed by atoms with Gasteiger partial charge in [0.1, 0.15) is 105 Å². The second-order valence-corrected chi connectivity index (χ2v) is 39.6. The molecular formula is C86H142N10O33. The highest BCUT2D eigenvalue weighted by atomic mass is 16.7. The average Bonchev–Trinajstić information content (AvgIpc) is 0.861. The fourth-order valence-electron chi connectivity index (χ4n) is 11.0. The number of hydrogen-bond acceptors (Lipinski definition) is 32. The molecule has 0 saturated heterocycles. The number of nitrogens with two attached hydrogens (primary N) is 1. The quantitative estimate of drug-likeness (QED) is 0.0227. The van der Waals surface area contributed by atoms with Gasteiger partial charge in [-0.05, 0) is 245 Å². The van der Waals surface area contributed by atoms with Crippen molar-refractivity contribution in [1.82, 2.24) is 47.9 Å². The molecule has 0 fully saturated rings. The maximum atomic E-state index is 15.4. The van der Waals surface area contributed by atoms with Crippen LogP contribution in [0.2, 0.25) is 0 Å². The average molecular weight is 1840 g/mol. The van der Waals surface area contributed by atoms with Gasteiger partial charge in [-0.15, -0.1) is 0 Å². The van der Waals surface area contributed by atoms with Gasteiger partial charge in [0.05, 0.1) is 12.5 Å². The van der Waals surface area contributed by atoms with Crippen molar-refractivity contribution in [3.8, 4) is 0 Å². The molecule has 0 unspecified atom stereocenters. The minimum atomic E-state index is -2.06. The molecule has 0 aromatic carbocycles. The third-order valence-corrected chi connectivity index (χ3v) is 16.1. The lowest BCUT2D eigenvalue weighted by molar-refractivity contribution is -0.157. The lowest BCUT2D eigenvalue weighted by atomic mass is 10.0. The molecule has 0 aliphatic heterocycles. The Kier molecular flexibility index (Phi) is 47.4. The number of hydrogen-bond donors (Lipinski definition) is 12. The first-order valence-electron chi connectivity index (χ1n) is 42.5. The molecule has 10 atom stereocenters. The molecule has 0 heterocycles. The van der Waals surface area contributed by atoms with Crippen molar-refractivity contribution < 1.29 is 158 Å². The Morgan fingerprint density at radius 3 is 0.512 bits per heavy atom. The summed E-state index contributed by atoms with van der Waals surface area (Å²) in [7, 11) is 0. The molecule has 9 amide bonds. The van der Waals surface area contributed by atoms with E-state index in [4.69, 9.17) is 48.4 Å². The third-order valence-electron chi connectivity index (χ3n) is 16.1. The molecule has 0 aromatic rings. The van der Waals surface area contributed by atoms with Gasteiger partial charge < -0.3 is 111 Å². The standard InChI is InChI=1S/C86H142N10O33/c1-78(2,3)121-58(99)38-29-48(88-67(108)47(87)46-66(107)120-77(119)129-86(25,26)27)68(109)89-49(30-39-59(100)122-79(4,5)6)69(110)90-50(31-40-60(101)123-80(7,8)9)70(111)91-51(32-41-61(102)124-81(10,11)12)71(112)92-52(33-42-62(103)125-82(13,14)15)72(113)93-53(34-43-63(104)126-83(16,17)18)73(114)94-54(35-44-64(105)127-84(19,20)21)74(115)95-55(36-45-65(106)128-85(22,23)24)75(116)96-56(76(117)118)28-37-57(97)98/h47-56H,28-46,87H2,1-27H3,(H,88,108)(H,89,109)(H,90,110)(H,91,111)(H,92,112)(H,93,113)(H,94,114)(H,95,115)(H,96,116)(H,97,98)(H,117,118)/t47-,48-,49-,50-,51-,52-,53-,54-,55-,56-/m0/s1. The fraction of sp³-hybridized carbons (Fsp3) is 0.756. The maximum absolute atomic E-state index is 15.4. The first-order chi connectivity index (χ1) is 58.4. The Bertz CT molecular complexity index is 3930. The third kappa shape index (κ3) is 58.1. The Morgan fingerprint density at radius 1 is 0.217 bits per heavy atom. The monoisotopic (exact) mass is 1840 g/mol. The summed E-state index contributed by atoms with van der Waals surface area (Å²) >= 11 is 0. The maximum Gasteiger partial charge on any atom is 0.516 e. The van der Waals surface area contributed by atoms with Gasteiger partial charge in [-0.1, -0.05) is 0 Å². The Balaban J connectivity index is 8.88. The van der Waals surface area contributed by atoms with E-state index in [1.54, 1.807) is 0 Å². The van der Waals surface area contributed by atoms with Gasteiger partial charge in [0.25, 0.3) is 0 Å². The van der Waals surface area contributed by atoms with Gasteiger partial charge in [0.15, 0.2) is 0 Å². The minimum Gasteiger partial charge on any atom is -0.481 e. The van der Waals surface area contributed by atoms with Crippen LogP contribution in [0.1, 0.15) is 309 Å². The van der Waals surface area contributed by atoms with Crippen molar-refractivity contribution in [2.75, 3.05) is 0 Å². The highest BCUT2D eigenvalue weighted by Gasteiger charge is 2.40. The van der Waals surface area contributed by atoms with Crippen LogP contribution in [-0.4, -0.2) is 246 Å². The summed E-state index contributed by atoms with van der Waals surface area (Å²) in [5.74, 6) is -23.9. The molecule has 43 nitrogen and oxygen atoms in total. The molecule has 0 aliphatic rings. The molecule has 43 heteroatoms. The van der Waals surface area contributed by atoms with Crippen LogP contribution in [-0.2, 0) is 143 Å². The summed E-state index contributed by atoms with van der Waals surface area (Å²) in [6, 6.07) is -19.7. The first kappa shape index (κ1) is 118. The fourth-order valence-corrected chi connectivity index (χ4v) is 11.0. The number of carbonyl (C=O) groups is 21. The number of carboxylic acids is 2. The summed E-state index contributed by atoms with van der Waals surface area (Å²) in [5.41, 5.74) is -4.16. The number of carbonyl (C=O) groups excluding carboxylic acids is 19. The van der Waals surface area contributed by atoms with Crippen LogP contribution in [0.3, 0.4) is 0 Å². The van der Waals surface area contributed by atoms with E-state index in [1.807, 2.05) is 0 Å². The zero-order chi connectivity index (χ0) is 100. The van der Waals surface area contributed by atoms with Gasteiger partial charge in [-0.25, -0.2) is 9.59 Å². The molecule has 13 N–H and O–H groups in total. The normalized spacial score (nSPS) is 14.4. The summed E-state index contributed by atoms with van der Waals surface area (Å²) in [6.45, 7) is 40.8. The molecule has 0 radical (unpaired) electrons. The van der Waals surface area contributed by atoms with Crippen LogP contribution in [0.15, 0.2) is 0 Å². The van der Waals surface area contributed by atoms with Crippen LogP contribution in [0.25, 0.3) is 0 Å². The van der Waals surface area contributed by atoms with Crippen LogP contribution < -0.4 is 53.6 Å². The highest BCUT2D eigenvalue weighted by molar-refractivity contribution is 6.00. The summed E-state index contributed by atoms with van der Waals surface area (Å²) in [6.07, 6.45) is -14.9. The summed E-state index contributed by atoms with van der Waals surface area (Å²) in [4.78, 5) is 290. The van der Waals surface area contributed by atoms with E-state index in [2.05, 4.69) is 52.6 Å². The Labute approximate surface area is 753 Å². The zero-order valence-corrected chi connectivity index (χ0v) is 79.8. The van der Waals surface area contributed by atoms with Crippen molar-refractivity contribution >= 4 is 125 Å². The number of amides is 9. The highest BCUT2D eigenvalue weighted by Crippen LogP contribution is 2.22. The largest absolute Gasteiger partial charge is 0.516 e. The van der Waals surface area contributed by atoms with Crippen molar-refractivity contribution in [1.29, 1.82) is 0 Å². The van der Waals surface area contributed by atoms with Gasteiger partial charge in [-0.3, -0.25) is 91.1 Å². The van der Waals surface area contributed by atoms with Crippen molar-refractivity contribution in [2.45, 2.75) is 420 Å². The second-order valence-electron chi connectivity index (χ2n) is 39.6. The number of aliphatic carboxylic acids is 2. The topological polar surface area (TPSA) is 626 Å². The van der Waals surface area contributed by atoms with Crippen LogP contribution in [0.4, 0.5) is 4.79 Å². The van der Waals surface area contributed by atoms with E-state index in [-0.39, 0.29) is 0 Å². The van der Waals surface area contributed by atoms with Crippen molar-refractivity contribution in [3.63, 3.8) is 0 Å². The van der Waals surface area contributed by atoms with Gasteiger partial charge in [0.2, 0.25) is 53.2 Å². The van der Waals surface area contributed by atoms with Crippen LogP contribution in [0.5, 0.6) is 0 Å². The Morgan fingerprint density at radius 2 is 0.364 bits per heavy atom. The summed E-state index contributed by atoms with van der Waals surface area (Å²) in [5, 5.41) is 40.6. The second kappa shape index (κ2) is 51.9. The van der Waals surface area contributed by atoms with Crippen LogP contribution >= 0.6 is 0 Å². The molecule has 129 heavy (non-hydrogen) atoms. The van der Waals surface area contributed by atoms with E-state index in [0.29, 0.717) is 0 Å². The number of ether oxygens (including phenoxy) is 10. The molecule has 0 rings (SSSR count). The number of carboxylic acid groups (broad SMARTS) is 2. The number of nitrogens with one attached hydrogen (secondary N) is 9. The molecule has 0 aliphatic carbocycles. The molecular weight excluding hydrogens is 1700 g/mol. The minimum absolute atomic E-state index is 0.613. The Hall–Kier alpha value is -11.2. The molecule has 734 valence electrons. The lowest BCUT2D eigenvalue weighted by Gasteiger charge is -2.29. The van der Waals surface area contributed by atoms with E-state index in [9.17, 15) is 86.9 Å². The van der Waals surface area contributed by atoms with Gasteiger partial charge >= 0.3 is 71.8 Å². The predicted molar refractivity (Wildman–Crippen MR) is 457 cm³/mol. The predicted octanol–water partition coefficient (Wildman–Crippen LogP) is 4.47. The van der Waals surface area contributed by atoms with Gasteiger partial charge in [-0.2, -0.15) is 0 Å². The van der Waals surface area contributed by atoms with E-state index in [0.717, 1.165) is 0 Å². The van der Waals surface area contributed by atoms with E-state index >= 15 is 24.0 Å². The van der Waals surface area contributed by atoms with E-state index in [1.165, 1.54) is 187 Å². The SMILES string of the molecule is CC(C)(C)OC(=O)CC[C@H](NC(=O)[C@H](CCC(=O)OC(C)(C)C)NC(=O)[C@H](CCC(=O)OC(C)(C)C)NC(=O)[C@H](CCC(=O)OC(C)(C)C)NC(=O)[C@H](CCC(=O)OC(C)(C)C)NC(=O)[C@H](CCC(=O)OC(C)(C)C)NC(=O)[C@H](CCC(=O)OC(C)(C)C)NC(=O)[C@H](CCC(=O)OC(C)(C)C)NC(=O)[C@@H](N)CC(=O)OC(=O)OC(C)(C)C)C(=O)N[C@@H](CCC(=O)O)C(=O)O. The van der Waals surface area contributed by atoms with Gasteiger partial charge in [0, 0.05) is 57.8 Å². The smallest absolute Gasteiger partial charge is 0.481 e. The number of rotatable bonds is 48. The molecule has 0 saturated carbocycles. The number of esters is 9. The first-order valence-corrected chi connectivity index (χ1v) is 42.5.